The predicted molar refractivity (Wildman–Crippen MR) is 115 cm³/mol. The molecule has 10 heteroatoms. The fourth-order valence-electron chi connectivity index (χ4n) is 2.81. The largest absolute Gasteiger partial charge is 0.573 e. The van der Waals surface area contributed by atoms with E-state index in [-0.39, 0.29) is 17.8 Å². The molecule has 2 amide bonds. The first kappa shape index (κ1) is 22.9. The molecule has 1 aromatic heterocycles. The lowest BCUT2D eigenvalue weighted by atomic mass is 10.1. The molecule has 2 aromatic carbocycles. The first-order chi connectivity index (χ1) is 14.6. The van der Waals surface area contributed by atoms with Crippen molar-refractivity contribution in [2.75, 3.05) is 5.32 Å². The van der Waals surface area contributed by atoms with Gasteiger partial charge in [-0.3, -0.25) is 0 Å². The standard InChI is InChI=1S/C21H19ClF3N3O2S/c1-13(2)28(12-14-4-3-5-15(10-14)19-26-11-18(22)31-19)20(29)27-16-6-8-17(9-7-16)30-21(23,24)25/h3-11,13H,12H2,1-2H3,(H,27,29). The van der Waals surface area contributed by atoms with Gasteiger partial charge in [0.05, 0.1) is 6.20 Å². The summed E-state index contributed by atoms with van der Waals surface area (Å²) in [4.78, 5) is 18.7. The molecular weight excluding hydrogens is 451 g/mol. The topological polar surface area (TPSA) is 54.5 Å². The first-order valence-corrected chi connectivity index (χ1v) is 10.4. The van der Waals surface area contributed by atoms with E-state index in [0.717, 1.165) is 28.3 Å². The van der Waals surface area contributed by atoms with Crippen molar-refractivity contribution in [1.82, 2.24) is 9.88 Å². The van der Waals surface area contributed by atoms with Crippen LogP contribution in [0.25, 0.3) is 10.6 Å². The van der Waals surface area contributed by atoms with E-state index in [4.69, 9.17) is 11.6 Å². The monoisotopic (exact) mass is 469 g/mol. The Balaban J connectivity index is 1.70. The van der Waals surface area contributed by atoms with Crippen molar-refractivity contribution in [3.63, 3.8) is 0 Å². The van der Waals surface area contributed by atoms with Gasteiger partial charge in [0.15, 0.2) is 0 Å². The molecule has 3 aromatic rings. The molecule has 0 saturated heterocycles. The fourth-order valence-corrected chi connectivity index (χ4v) is 3.72. The Hall–Kier alpha value is -2.78. The number of alkyl halides is 3. The molecule has 3 rings (SSSR count). The van der Waals surface area contributed by atoms with E-state index in [1.54, 1.807) is 11.1 Å². The molecule has 0 bridgehead atoms. The SMILES string of the molecule is CC(C)N(Cc1cccc(-c2ncc(Cl)s2)c1)C(=O)Nc1ccc(OC(F)(F)F)cc1. The average molecular weight is 470 g/mol. The van der Waals surface area contributed by atoms with Crippen molar-refractivity contribution >= 4 is 34.7 Å². The zero-order chi connectivity index (χ0) is 22.6. The number of hydrogen-bond donors (Lipinski definition) is 1. The van der Waals surface area contributed by atoms with E-state index in [1.807, 2.05) is 38.1 Å². The lowest BCUT2D eigenvalue weighted by Crippen LogP contribution is -2.39. The highest BCUT2D eigenvalue weighted by Gasteiger charge is 2.31. The summed E-state index contributed by atoms with van der Waals surface area (Å²) in [6, 6.07) is 12.2. The molecular formula is C21H19ClF3N3O2S. The van der Waals surface area contributed by atoms with E-state index < -0.39 is 6.36 Å². The summed E-state index contributed by atoms with van der Waals surface area (Å²) >= 11 is 7.34. The third-order valence-electron chi connectivity index (χ3n) is 4.23. The van der Waals surface area contributed by atoms with Crippen LogP contribution in [-0.2, 0) is 6.54 Å². The van der Waals surface area contributed by atoms with Crippen molar-refractivity contribution in [2.45, 2.75) is 32.8 Å². The summed E-state index contributed by atoms with van der Waals surface area (Å²) in [7, 11) is 0. The number of anilines is 1. The van der Waals surface area contributed by atoms with E-state index >= 15 is 0 Å². The Morgan fingerprint density at radius 3 is 2.52 bits per heavy atom. The molecule has 0 fully saturated rings. The molecule has 0 unspecified atom stereocenters. The Kier molecular flexibility index (Phi) is 7.07. The Labute approximate surface area is 186 Å². The lowest BCUT2D eigenvalue weighted by molar-refractivity contribution is -0.274. The van der Waals surface area contributed by atoms with E-state index in [9.17, 15) is 18.0 Å². The number of amides is 2. The molecule has 0 aliphatic heterocycles. The van der Waals surface area contributed by atoms with Crippen LogP contribution in [0.15, 0.2) is 54.7 Å². The second-order valence-electron chi connectivity index (χ2n) is 6.89. The Morgan fingerprint density at radius 2 is 1.94 bits per heavy atom. The van der Waals surface area contributed by atoms with E-state index in [2.05, 4.69) is 15.0 Å². The van der Waals surface area contributed by atoms with Crippen LogP contribution in [-0.4, -0.2) is 28.3 Å². The number of nitrogens with zero attached hydrogens (tertiary/aromatic N) is 2. The summed E-state index contributed by atoms with van der Waals surface area (Å²) < 4.78 is 41.3. The van der Waals surface area contributed by atoms with Gasteiger partial charge in [-0.2, -0.15) is 0 Å². The minimum atomic E-state index is -4.77. The molecule has 1 N–H and O–H groups in total. The number of rotatable bonds is 6. The quantitative estimate of drug-likeness (QED) is 0.431. The minimum absolute atomic E-state index is 0.120. The van der Waals surface area contributed by atoms with Crippen molar-refractivity contribution in [2.24, 2.45) is 0 Å². The number of carbonyl (C=O) groups is 1. The van der Waals surface area contributed by atoms with Crippen molar-refractivity contribution in [1.29, 1.82) is 0 Å². The van der Waals surface area contributed by atoms with Gasteiger partial charge in [0.1, 0.15) is 15.1 Å². The van der Waals surface area contributed by atoms with Crippen molar-refractivity contribution < 1.29 is 22.7 Å². The van der Waals surface area contributed by atoms with Gasteiger partial charge in [-0.1, -0.05) is 29.8 Å². The molecule has 0 saturated carbocycles. The third-order valence-corrected chi connectivity index (χ3v) is 5.39. The summed E-state index contributed by atoms with van der Waals surface area (Å²) in [5, 5.41) is 3.49. The van der Waals surface area contributed by atoms with Crippen LogP contribution in [0.2, 0.25) is 4.34 Å². The van der Waals surface area contributed by atoms with Crippen molar-refractivity contribution in [3.05, 3.63) is 64.6 Å². The molecule has 0 aliphatic rings. The number of aromatic nitrogens is 1. The molecule has 164 valence electrons. The van der Waals surface area contributed by atoms with Crippen LogP contribution in [0.4, 0.5) is 23.7 Å². The van der Waals surface area contributed by atoms with Crippen LogP contribution in [0.5, 0.6) is 5.75 Å². The number of nitrogens with one attached hydrogen (secondary N) is 1. The predicted octanol–water partition coefficient (Wildman–Crippen LogP) is 6.80. The molecule has 0 aliphatic carbocycles. The molecule has 0 radical (unpaired) electrons. The molecule has 1 heterocycles. The zero-order valence-electron chi connectivity index (χ0n) is 16.6. The highest BCUT2D eigenvalue weighted by Crippen LogP contribution is 2.29. The van der Waals surface area contributed by atoms with Crippen molar-refractivity contribution in [3.8, 4) is 16.3 Å². The highest BCUT2D eigenvalue weighted by molar-refractivity contribution is 7.18. The number of benzene rings is 2. The van der Waals surface area contributed by atoms with Crippen LogP contribution >= 0.6 is 22.9 Å². The number of urea groups is 1. The average Bonchev–Trinajstić information content (AvgIpc) is 3.13. The van der Waals surface area contributed by atoms with Gasteiger partial charge in [0.25, 0.3) is 0 Å². The summed E-state index contributed by atoms with van der Waals surface area (Å²) in [5.41, 5.74) is 2.16. The molecule has 0 spiro atoms. The molecule has 31 heavy (non-hydrogen) atoms. The summed E-state index contributed by atoms with van der Waals surface area (Å²) in [6.45, 7) is 4.10. The number of hydrogen-bond acceptors (Lipinski definition) is 4. The minimum Gasteiger partial charge on any atom is -0.406 e. The Bertz CT molecular complexity index is 1040. The van der Waals surface area contributed by atoms with E-state index in [0.29, 0.717) is 16.6 Å². The van der Waals surface area contributed by atoms with Crippen LogP contribution in [0.3, 0.4) is 0 Å². The van der Waals surface area contributed by atoms with E-state index in [1.165, 1.54) is 23.5 Å². The number of thiazole rings is 1. The van der Waals surface area contributed by atoms with Gasteiger partial charge in [0.2, 0.25) is 0 Å². The third kappa shape index (κ3) is 6.60. The molecule has 5 nitrogen and oxygen atoms in total. The number of ether oxygens (including phenoxy) is 1. The van der Waals surface area contributed by atoms with Gasteiger partial charge >= 0.3 is 12.4 Å². The van der Waals surface area contributed by atoms with Gasteiger partial charge in [-0.15, -0.1) is 24.5 Å². The first-order valence-electron chi connectivity index (χ1n) is 9.25. The number of halogens is 4. The summed E-state index contributed by atoms with van der Waals surface area (Å²) in [6.07, 6.45) is -3.18. The van der Waals surface area contributed by atoms with Crippen LogP contribution in [0, 0.1) is 0 Å². The Morgan fingerprint density at radius 1 is 1.23 bits per heavy atom. The maximum absolute atomic E-state index is 12.8. The second-order valence-corrected chi connectivity index (χ2v) is 8.56. The van der Waals surface area contributed by atoms with Crippen LogP contribution in [0.1, 0.15) is 19.4 Å². The molecule has 0 atom stereocenters. The normalized spacial score (nSPS) is 11.5. The fraction of sp³-hybridized carbons (Fsp3) is 0.238. The maximum Gasteiger partial charge on any atom is 0.573 e. The van der Waals surface area contributed by atoms with Gasteiger partial charge in [-0.25, -0.2) is 9.78 Å². The maximum atomic E-state index is 12.8. The van der Waals surface area contributed by atoms with Crippen LogP contribution < -0.4 is 10.1 Å². The second kappa shape index (κ2) is 9.57. The smallest absolute Gasteiger partial charge is 0.406 e. The van der Waals surface area contributed by atoms with Gasteiger partial charge in [0, 0.05) is 23.8 Å². The zero-order valence-corrected chi connectivity index (χ0v) is 18.2. The highest BCUT2D eigenvalue weighted by atomic mass is 35.5. The number of carbonyl (C=O) groups excluding carboxylic acids is 1. The van der Waals surface area contributed by atoms with Gasteiger partial charge < -0.3 is 15.0 Å². The van der Waals surface area contributed by atoms with Gasteiger partial charge in [-0.05, 0) is 49.7 Å². The lowest BCUT2D eigenvalue weighted by Gasteiger charge is -2.27. The summed E-state index contributed by atoms with van der Waals surface area (Å²) in [5.74, 6) is -0.356.